The second-order valence-electron chi connectivity index (χ2n) is 6.23. The molecule has 0 saturated heterocycles. The molecular formula is C17H25BrN2. The van der Waals surface area contributed by atoms with Crippen LogP contribution >= 0.6 is 15.9 Å². The summed E-state index contributed by atoms with van der Waals surface area (Å²) in [4.78, 5) is 2.16. The van der Waals surface area contributed by atoms with E-state index in [9.17, 15) is 0 Å². The molecule has 110 valence electrons. The smallest absolute Gasteiger partial charge is 0.0597 e. The lowest BCUT2D eigenvalue weighted by Crippen LogP contribution is -2.21. The normalized spacial score (nSPS) is 22.4. The van der Waals surface area contributed by atoms with Gasteiger partial charge in [0.1, 0.15) is 0 Å². The Labute approximate surface area is 131 Å². The van der Waals surface area contributed by atoms with Crippen LogP contribution < -0.4 is 10.2 Å². The van der Waals surface area contributed by atoms with Crippen LogP contribution in [0, 0.1) is 11.8 Å². The summed E-state index contributed by atoms with van der Waals surface area (Å²) in [6.07, 6.45) is 4.93. The van der Waals surface area contributed by atoms with Gasteiger partial charge in [-0.15, -0.1) is 0 Å². The monoisotopic (exact) mass is 336 g/mol. The van der Waals surface area contributed by atoms with Gasteiger partial charge in [-0.05, 0) is 49.8 Å². The number of benzene rings is 1. The first-order valence-electron chi connectivity index (χ1n) is 7.33. The van der Waals surface area contributed by atoms with Crippen LogP contribution in [0.1, 0.15) is 26.7 Å². The van der Waals surface area contributed by atoms with E-state index in [2.05, 4.69) is 78.4 Å². The van der Waals surface area contributed by atoms with Gasteiger partial charge in [-0.2, -0.15) is 0 Å². The number of anilines is 2. The van der Waals surface area contributed by atoms with Crippen LogP contribution in [0.2, 0.25) is 0 Å². The zero-order valence-electron chi connectivity index (χ0n) is 12.9. The Morgan fingerprint density at radius 2 is 2.10 bits per heavy atom. The Kier molecular flexibility index (Phi) is 5.14. The maximum Gasteiger partial charge on any atom is 0.0597 e. The number of hydrogen-bond donors (Lipinski definition) is 1. The molecule has 0 amide bonds. The number of allylic oxidation sites excluding steroid dienone is 2. The minimum absolute atomic E-state index is 0.714. The van der Waals surface area contributed by atoms with E-state index < -0.39 is 0 Å². The molecule has 1 aromatic carbocycles. The number of rotatable bonds is 4. The van der Waals surface area contributed by atoms with Gasteiger partial charge in [0, 0.05) is 25.1 Å². The summed E-state index contributed by atoms with van der Waals surface area (Å²) in [5, 5.41) is 3.65. The summed E-state index contributed by atoms with van der Waals surface area (Å²) in [6, 6.07) is 6.42. The van der Waals surface area contributed by atoms with Gasteiger partial charge in [-0.1, -0.05) is 34.5 Å². The Morgan fingerprint density at radius 1 is 1.35 bits per heavy atom. The topological polar surface area (TPSA) is 15.3 Å². The third-order valence-electron chi connectivity index (χ3n) is 3.91. The van der Waals surface area contributed by atoms with Crippen LogP contribution in [0.3, 0.4) is 0 Å². The SMILES string of the molecule is CC1=CC(C)CC(CNc2cc(Br)ccc2N(C)C)C1. The summed E-state index contributed by atoms with van der Waals surface area (Å²) in [5.41, 5.74) is 3.99. The molecule has 0 radical (unpaired) electrons. The first kappa shape index (κ1) is 15.4. The minimum atomic E-state index is 0.714. The lowest BCUT2D eigenvalue weighted by molar-refractivity contribution is 0.421. The van der Waals surface area contributed by atoms with Crippen molar-refractivity contribution in [1.82, 2.24) is 0 Å². The highest BCUT2D eigenvalue weighted by Gasteiger charge is 2.18. The summed E-state index contributed by atoms with van der Waals surface area (Å²) < 4.78 is 1.12. The zero-order valence-corrected chi connectivity index (χ0v) is 14.5. The second kappa shape index (κ2) is 6.66. The van der Waals surface area contributed by atoms with Crippen molar-refractivity contribution in [3.05, 3.63) is 34.3 Å². The molecule has 0 aromatic heterocycles. The van der Waals surface area contributed by atoms with Gasteiger partial charge in [-0.25, -0.2) is 0 Å². The molecule has 1 aliphatic carbocycles. The largest absolute Gasteiger partial charge is 0.383 e. The lowest BCUT2D eigenvalue weighted by Gasteiger charge is -2.27. The molecule has 2 nitrogen and oxygen atoms in total. The van der Waals surface area contributed by atoms with Crippen molar-refractivity contribution in [3.63, 3.8) is 0 Å². The van der Waals surface area contributed by atoms with Crippen LogP contribution in [-0.4, -0.2) is 20.6 Å². The fourth-order valence-corrected chi connectivity index (χ4v) is 3.50. The van der Waals surface area contributed by atoms with Crippen LogP contribution in [-0.2, 0) is 0 Å². The van der Waals surface area contributed by atoms with Gasteiger partial charge >= 0.3 is 0 Å². The summed E-state index contributed by atoms with van der Waals surface area (Å²) in [5.74, 6) is 1.45. The van der Waals surface area contributed by atoms with Crippen molar-refractivity contribution in [2.24, 2.45) is 11.8 Å². The first-order valence-corrected chi connectivity index (χ1v) is 8.13. The molecule has 0 aliphatic heterocycles. The number of nitrogens with zero attached hydrogens (tertiary/aromatic N) is 1. The molecule has 3 heteroatoms. The number of nitrogens with one attached hydrogen (secondary N) is 1. The van der Waals surface area contributed by atoms with Crippen molar-refractivity contribution in [2.75, 3.05) is 30.9 Å². The molecule has 0 saturated carbocycles. The van der Waals surface area contributed by atoms with E-state index in [1.807, 2.05) is 0 Å². The maximum absolute atomic E-state index is 3.65. The Hall–Kier alpha value is -0.960. The fourth-order valence-electron chi connectivity index (χ4n) is 3.14. The number of hydrogen-bond acceptors (Lipinski definition) is 2. The van der Waals surface area contributed by atoms with Crippen LogP contribution in [0.25, 0.3) is 0 Å². The van der Waals surface area contributed by atoms with E-state index in [-0.39, 0.29) is 0 Å². The van der Waals surface area contributed by atoms with Crippen molar-refractivity contribution in [2.45, 2.75) is 26.7 Å². The third-order valence-corrected chi connectivity index (χ3v) is 4.40. The molecule has 0 fully saturated rings. The van der Waals surface area contributed by atoms with Crippen molar-refractivity contribution < 1.29 is 0 Å². The minimum Gasteiger partial charge on any atom is -0.383 e. The molecule has 1 aromatic rings. The Morgan fingerprint density at radius 3 is 2.75 bits per heavy atom. The van der Waals surface area contributed by atoms with E-state index in [0.717, 1.165) is 16.9 Å². The molecule has 0 spiro atoms. The molecule has 0 bridgehead atoms. The average molecular weight is 337 g/mol. The summed E-state index contributed by atoms with van der Waals surface area (Å²) in [6.45, 7) is 5.62. The quantitative estimate of drug-likeness (QED) is 0.785. The zero-order chi connectivity index (χ0) is 14.7. The molecule has 0 heterocycles. The summed E-state index contributed by atoms with van der Waals surface area (Å²) in [7, 11) is 4.17. The van der Waals surface area contributed by atoms with Crippen LogP contribution in [0.5, 0.6) is 0 Å². The predicted octanol–water partition coefficient (Wildman–Crippen LogP) is 4.92. The molecule has 2 rings (SSSR count). The van der Waals surface area contributed by atoms with Gasteiger partial charge in [0.2, 0.25) is 0 Å². The Balaban J connectivity index is 2.04. The highest BCUT2D eigenvalue weighted by molar-refractivity contribution is 9.10. The van der Waals surface area contributed by atoms with E-state index in [4.69, 9.17) is 0 Å². The molecule has 2 unspecified atom stereocenters. The maximum atomic E-state index is 3.65. The van der Waals surface area contributed by atoms with Crippen molar-refractivity contribution >= 4 is 27.3 Å². The Bertz CT molecular complexity index is 494. The van der Waals surface area contributed by atoms with Gasteiger partial charge in [0.05, 0.1) is 11.4 Å². The number of halogens is 1. The molecule has 1 N–H and O–H groups in total. The molecule has 1 aliphatic rings. The highest BCUT2D eigenvalue weighted by Crippen LogP contribution is 2.31. The van der Waals surface area contributed by atoms with E-state index in [1.165, 1.54) is 29.8 Å². The first-order chi connectivity index (χ1) is 9.45. The second-order valence-corrected chi connectivity index (χ2v) is 7.15. The van der Waals surface area contributed by atoms with E-state index in [1.54, 1.807) is 0 Å². The molecule has 2 atom stereocenters. The molecule has 20 heavy (non-hydrogen) atoms. The van der Waals surface area contributed by atoms with Crippen LogP contribution in [0.4, 0.5) is 11.4 Å². The van der Waals surface area contributed by atoms with Crippen LogP contribution in [0.15, 0.2) is 34.3 Å². The van der Waals surface area contributed by atoms with Gasteiger partial charge in [0.25, 0.3) is 0 Å². The van der Waals surface area contributed by atoms with Gasteiger partial charge in [0.15, 0.2) is 0 Å². The van der Waals surface area contributed by atoms with Crippen molar-refractivity contribution in [3.8, 4) is 0 Å². The van der Waals surface area contributed by atoms with Gasteiger partial charge < -0.3 is 10.2 Å². The average Bonchev–Trinajstić information content (AvgIpc) is 2.35. The van der Waals surface area contributed by atoms with E-state index >= 15 is 0 Å². The lowest BCUT2D eigenvalue weighted by atomic mass is 9.83. The standard InChI is InChI=1S/C17H25BrN2/c1-12-7-13(2)9-14(8-12)11-19-16-10-15(18)5-6-17(16)20(3)4/h5-7,10,12,14,19H,8-9,11H2,1-4H3. The van der Waals surface area contributed by atoms with Crippen molar-refractivity contribution in [1.29, 1.82) is 0 Å². The van der Waals surface area contributed by atoms with E-state index in [0.29, 0.717) is 5.92 Å². The summed E-state index contributed by atoms with van der Waals surface area (Å²) >= 11 is 3.56. The third kappa shape index (κ3) is 4.02. The highest BCUT2D eigenvalue weighted by atomic mass is 79.9. The van der Waals surface area contributed by atoms with Gasteiger partial charge in [-0.3, -0.25) is 0 Å². The fraction of sp³-hybridized carbons (Fsp3) is 0.529. The predicted molar refractivity (Wildman–Crippen MR) is 92.6 cm³/mol. The molecular weight excluding hydrogens is 312 g/mol.